The van der Waals surface area contributed by atoms with E-state index in [0.717, 1.165) is 13.0 Å². The van der Waals surface area contributed by atoms with E-state index in [1.54, 1.807) is 0 Å². The topological polar surface area (TPSA) is 12.0 Å². The van der Waals surface area contributed by atoms with Crippen molar-refractivity contribution in [1.29, 1.82) is 0 Å². The molecule has 0 aliphatic carbocycles. The molecule has 0 fully saturated rings. The van der Waals surface area contributed by atoms with Crippen molar-refractivity contribution < 1.29 is 0 Å². The lowest BCUT2D eigenvalue weighted by molar-refractivity contribution is 1.02. The molecule has 0 atom stereocenters. The van der Waals surface area contributed by atoms with Crippen LogP contribution in [0.2, 0.25) is 0 Å². The van der Waals surface area contributed by atoms with Gasteiger partial charge in [0.25, 0.3) is 0 Å². The Kier molecular flexibility index (Phi) is 4.03. The van der Waals surface area contributed by atoms with Gasteiger partial charge in [-0.05, 0) is 56.0 Å². The molecule has 1 heteroatoms. The third-order valence-corrected chi connectivity index (χ3v) is 3.37. The molecule has 2 rings (SSSR count). The molecule has 0 radical (unpaired) electrons. The summed E-state index contributed by atoms with van der Waals surface area (Å²) in [4.78, 5) is 0. The van der Waals surface area contributed by atoms with E-state index in [1.165, 1.54) is 27.9 Å². The quantitative estimate of drug-likeness (QED) is 0.840. The molecule has 1 nitrogen and oxygen atoms in total. The monoisotopic (exact) mass is 239 g/mol. The van der Waals surface area contributed by atoms with Gasteiger partial charge in [-0.15, -0.1) is 0 Å². The summed E-state index contributed by atoms with van der Waals surface area (Å²) in [6, 6.07) is 15.3. The zero-order valence-corrected chi connectivity index (χ0v) is 11.5. The molecule has 0 aliphatic heterocycles. The second kappa shape index (κ2) is 5.72. The van der Waals surface area contributed by atoms with E-state index in [4.69, 9.17) is 0 Å². The highest BCUT2D eigenvalue weighted by molar-refractivity contribution is 5.48. The lowest BCUT2D eigenvalue weighted by Crippen LogP contribution is -2.05. The van der Waals surface area contributed by atoms with E-state index >= 15 is 0 Å². The summed E-state index contributed by atoms with van der Waals surface area (Å²) in [5, 5.41) is 3.48. The maximum atomic E-state index is 3.48. The van der Waals surface area contributed by atoms with Gasteiger partial charge in [0, 0.05) is 12.2 Å². The maximum Gasteiger partial charge on any atom is 0.0343 e. The predicted molar refractivity (Wildman–Crippen MR) is 79.3 cm³/mol. The average Bonchev–Trinajstić information content (AvgIpc) is 2.36. The summed E-state index contributed by atoms with van der Waals surface area (Å²) in [7, 11) is 0. The van der Waals surface area contributed by atoms with Crippen molar-refractivity contribution in [3.8, 4) is 0 Å². The molecule has 0 amide bonds. The van der Waals surface area contributed by atoms with E-state index < -0.39 is 0 Å². The molecule has 0 aliphatic rings. The zero-order valence-electron chi connectivity index (χ0n) is 11.5. The van der Waals surface area contributed by atoms with Crippen LogP contribution in [-0.4, -0.2) is 6.54 Å². The molecule has 0 spiro atoms. The van der Waals surface area contributed by atoms with Gasteiger partial charge in [-0.2, -0.15) is 0 Å². The lowest BCUT2D eigenvalue weighted by Gasteiger charge is -2.09. The summed E-state index contributed by atoms with van der Waals surface area (Å²) < 4.78 is 0. The number of hydrogen-bond acceptors (Lipinski definition) is 1. The number of anilines is 1. The van der Waals surface area contributed by atoms with Crippen LogP contribution in [-0.2, 0) is 6.42 Å². The van der Waals surface area contributed by atoms with Crippen LogP contribution in [0.3, 0.4) is 0 Å². The normalized spacial score (nSPS) is 10.4. The van der Waals surface area contributed by atoms with Crippen molar-refractivity contribution in [2.24, 2.45) is 0 Å². The first-order valence-corrected chi connectivity index (χ1v) is 6.52. The molecule has 0 saturated heterocycles. The summed E-state index contributed by atoms with van der Waals surface area (Å²) in [6.07, 6.45) is 1.06. The Balaban J connectivity index is 1.88. The molecule has 94 valence electrons. The minimum atomic E-state index is 0.978. The van der Waals surface area contributed by atoms with Gasteiger partial charge in [0.1, 0.15) is 0 Å². The average molecular weight is 239 g/mol. The van der Waals surface area contributed by atoms with Crippen molar-refractivity contribution in [2.75, 3.05) is 11.9 Å². The van der Waals surface area contributed by atoms with Crippen molar-refractivity contribution in [2.45, 2.75) is 27.2 Å². The number of aryl methyl sites for hydroxylation is 3. The van der Waals surface area contributed by atoms with Gasteiger partial charge < -0.3 is 5.32 Å². The fourth-order valence-corrected chi connectivity index (χ4v) is 1.96. The first-order chi connectivity index (χ1) is 8.65. The Morgan fingerprint density at radius 1 is 0.833 bits per heavy atom. The first kappa shape index (κ1) is 12.7. The van der Waals surface area contributed by atoms with Crippen LogP contribution >= 0.6 is 0 Å². The highest BCUT2D eigenvalue weighted by atomic mass is 14.9. The summed E-state index contributed by atoms with van der Waals surface area (Å²) in [5.41, 5.74) is 6.61. The molecule has 0 unspecified atom stereocenters. The van der Waals surface area contributed by atoms with Crippen LogP contribution in [0.15, 0.2) is 42.5 Å². The maximum absolute atomic E-state index is 3.48. The number of rotatable bonds is 4. The van der Waals surface area contributed by atoms with Gasteiger partial charge in [0.2, 0.25) is 0 Å². The second-order valence-corrected chi connectivity index (χ2v) is 4.96. The fraction of sp³-hybridized carbons (Fsp3) is 0.294. The van der Waals surface area contributed by atoms with Crippen molar-refractivity contribution in [3.63, 3.8) is 0 Å². The highest BCUT2D eigenvalue weighted by Gasteiger charge is 1.96. The third kappa shape index (κ3) is 3.36. The van der Waals surface area contributed by atoms with E-state index in [9.17, 15) is 0 Å². The summed E-state index contributed by atoms with van der Waals surface area (Å²) in [5.74, 6) is 0. The van der Waals surface area contributed by atoms with Crippen molar-refractivity contribution >= 4 is 5.69 Å². The summed E-state index contributed by atoms with van der Waals surface area (Å²) in [6.45, 7) is 7.40. The van der Waals surface area contributed by atoms with Crippen LogP contribution in [0.25, 0.3) is 0 Å². The van der Waals surface area contributed by atoms with E-state index in [-0.39, 0.29) is 0 Å². The van der Waals surface area contributed by atoms with Gasteiger partial charge in [-0.3, -0.25) is 0 Å². The molecule has 0 saturated carbocycles. The fourth-order valence-electron chi connectivity index (χ4n) is 1.96. The van der Waals surface area contributed by atoms with E-state index in [1.807, 2.05) is 0 Å². The largest absolute Gasteiger partial charge is 0.385 e. The molecule has 18 heavy (non-hydrogen) atoms. The van der Waals surface area contributed by atoms with Gasteiger partial charge in [-0.25, -0.2) is 0 Å². The summed E-state index contributed by atoms with van der Waals surface area (Å²) >= 11 is 0. The van der Waals surface area contributed by atoms with Gasteiger partial charge in [0.05, 0.1) is 0 Å². The van der Waals surface area contributed by atoms with E-state index in [2.05, 4.69) is 68.6 Å². The Hall–Kier alpha value is -1.76. The van der Waals surface area contributed by atoms with Crippen molar-refractivity contribution in [3.05, 3.63) is 64.7 Å². The molecule has 2 aromatic rings. The van der Waals surface area contributed by atoms with Crippen LogP contribution in [0.1, 0.15) is 22.3 Å². The molecule has 2 aromatic carbocycles. The number of benzene rings is 2. The number of nitrogens with one attached hydrogen (secondary N) is 1. The predicted octanol–water partition coefficient (Wildman–Crippen LogP) is 4.27. The molecule has 0 bridgehead atoms. The van der Waals surface area contributed by atoms with Gasteiger partial charge in [0.15, 0.2) is 0 Å². The second-order valence-electron chi connectivity index (χ2n) is 4.96. The van der Waals surface area contributed by atoms with Crippen LogP contribution in [0.4, 0.5) is 5.69 Å². The number of hydrogen-bond donors (Lipinski definition) is 1. The smallest absolute Gasteiger partial charge is 0.0343 e. The third-order valence-electron chi connectivity index (χ3n) is 3.37. The Bertz CT molecular complexity index is 512. The Labute approximate surface area is 110 Å². The molecule has 1 N–H and O–H groups in total. The standard InChI is InChI=1S/C17H21N/c1-13-4-7-16(8-5-13)10-11-18-17-9-6-14(2)15(3)12-17/h4-9,12,18H,10-11H2,1-3H3. The highest BCUT2D eigenvalue weighted by Crippen LogP contribution is 2.14. The van der Waals surface area contributed by atoms with Crippen LogP contribution in [0.5, 0.6) is 0 Å². The Morgan fingerprint density at radius 3 is 2.22 bits per heavy atom. The Morgan fingerprint density at radius 2 is 1.56 bits per heavy atom. The molecule has 0 aromatic heterocycles. The molecular weight excluding hydrogens is 218 g/mol. The zero-order chi connectivity index (χ0) is 13.0. The minimum Gasteiger partial charge on any atom is -0.385 e. The van der Waals surface area contributed by atoms with Gasteiger partial charge >= 0.3 is 0 Å². The molecule has 0 heterocycles. The van der Waals surface area contributed by atoms with Gasteiger partial charge in [-0.1, -0.05) is 35.9 Å². The van der Waals surface area contributed by atoms with Crippen LogP contribution < -0.4 is 5.32 Å². The van der Waals surface area contributed by atoms with E-state index in [0.29, 0.717) is 0 Å². The lowest BCUT2D eigenvalue weighted by atomic mass is 10.1. The van der Waals surface area contributed by atoms with Crippen molar-refractivity contribution in [1.82, 2.24) is 0 Å². The first-order valence-electron chi connectivity index (χ1n) is 6.52. The molecular formula is C17H21N. The van der Waals surface area contributed by atoms with Crippen LogP contribution in [0, 0.1) is 20.8 Å². The minimum absolute atomic E-state index is 0.978. The SMILES string of the molecule is Cc1ccc(CCNc2ccc(C)c(C)c2)cc1.